The molecule has 2 unspecified atom stereocenters. The molecule has 1 aliphatic heterocycles. The first-order chi connectivity index (χ1) is 17.1. The van der Waals surface area contributed by atoms with Crippen molar-refractivity contribution in [2.45, 2.75) is 105 Å². The summed E-state index contributed by atoms with van der Waals surface area (Å²) in [7, 11) is 0. The molecule has 1 aromatic heterocycles. The molecule has 2 heterocycles. The number of thiazole rings is 1. The number of aliphatic hydroxyl groups is 4. The topological polar surface area (TPSA) is 137 Å². The number of ether oxygens (including phenoxy) is 1. The zero-order chi connectivity index (χ0) is 28.1. The molecule has 7 atom stereocenters. The van der Waals surface area contributed by atoms with Crippen LogP contribution in [0.15, 0.2) is 22.6 Å². The normalized spacial score (nSPS) is 34.8. The Kier molecular flexibility index (Phi) is 11.2. The first-order valence-electron chi connectivity index (χ1n) is 12.8. The monoisotopic (exact) mass is 537 g/mol. The van der Waals surface area contributed by atoms with Crippen molar-refractivity contribution in [3.05, 3.63) is 33.3 Å². The Balaban J connectivity index is 2.40. The maximum absolute atomic E-state index is 13.2. The number of rotatable bonds is 2. The average Bonchev–Trinajstić information content (AvgIpc) is 3.23. The van der Waals surface area contributed by atoms with Gasteiger partial charge in [0.1, 0.15) is 11.9 Å². The molecule has 0 bridgehead atoms. The molecule has 9 heteroatoms. The number of ketones is 1. The zero-order valence-electron chi connectivity index (χ0n) is 23.0. The van der Waals surface area contributed by atoms with E-state index >= 15 is 0 Å². The molecule has 1 aliphatic rings. The maximum Gasteiger partial charge on any atom is 0.309 e. The number of hydrogen-bond acceptors (Lipinski definition) is 9. The fourth-order valence-electron chi connectivity index (χ4n) is 4.65. The van der Waals surface area contributed by atoms with Crippen LogP contribution in [0, 0.1) is 24.2 Å². The van der Waals surface area contributed by atoms with Crippen molar-refractivity contribution in [3.8, 4) is 0 Å². The Bertz CT molecular complexity index is 998. The number of aliphatic hydroxyl groups excluding tert-OH is 4. The lowest BCUT2D eigenvalue weighted by atomic mass is 9.73. The molecule has 37 heavy (non-hydrogen) atoms. The summed E-state index contributed by atoms with van der Waals surface area (Å²) < 4.78 is 5.77. The van der Waals surface area contributed by atoms with Gasteiger partial charge in [0.15, 0.2) is 0 Å². The maximum atomic E-state index is 13.2. The third-order valence-corrected chi connectivity index (χ3v) is 8.19. The number of Topliss-reactive ketones (excluding diaryl/α,β-unsaturated/α-hetero) is 1. The van der Waals surface area contributed by atoms with Crippen LogP contribution < -0.4 is 0 Å². The van der Waals surface area contributed by atoms with Crippen LogP contribution in [-0.4, -0.2) is 67.7 Å². The van der Waals surface area contributed by atoms with E-state index in [1.165, 1.54) is 11.3 Å². The number of hydrogen-bond donors (Lipinski definition) is 4. The van der Waals surface area contributed by atoms with Gasteiger partial charge in [0, 0.05) is 17.7 Å². The van der Waals surface area contributed by atoms with Crippen LogP contribution in [0.3, 0.4) is 0 Å². The minimum atomic E-state index is -1.32. The number of carbonyl (C=O) groups is 2. The fourth-order valence-corrected chi connectivity index (χ4v) is 5.22. The van der Waals surface area contributed by atoms with Crippen molar-refractivity contribution in [2.75, 3.05) is 0 Å². The van der Waals surface area contributed by atoms with Crippen molar-refractivity contribution in [1.29, 1.82) is 0 Å². The fraction of sp³-hybridized carbons (Fsp3) is 0.679. The number of cyclic esters (lactones) is 1. The number of nitrogens with zero attached hydrogens (tertiary/aromatic N) is 1. The predicted octanol–water partition coefficient (Wildman–Crippen LogP) is 3.60. The van der Waals surface area contributed by atoms with Gasteiger partial charge < -0.3 is 25.2 Å². The van der Waals surface area contributed by atoms with Gasteiger partial charge in [-0.3, -0.25) is 9.59 Å². The van der Waals surface area contributed by atoms with E-state index in [1.54, 1.807) is 27.7 Å². The highest BCUT2D eigenvalue weighted by Gasteiger charge is 2.42. The van der Waals surface area contributed by atoms with Gasteiger partial charge in [0.05, 0.1) is 47.0 Å². The molecule has 8 nitrogen and oxygen atoms in total. The predicted molar refractivity (Wildman–Crippen MR) is 144 cm³/mol. The smallest absolute Gasteiger partial charge is 0.309 e. The molecule has 0 aromatic carbocycles. The molecular weight excluding hydrogens is 494 g/mol. The van der Waals surface area contributed by atoms with Gasteiger partial charge >= 0.3 is 5.97 Å². The van der Waals surface area contributed by atoms with E-state index in [-0.39, 0.29) is 19.3 Å². The lowest BCUT2D eigenvalue weighted by Gasteiger charge is -2.35. The molecule has 0 fully saturated rings. The van der Waals surface area contributed by atoms with E-state index in [4.69, 9.17) is 4.74 Å². The Labute approximate surface area is 224 Å². The van der Waals surface area contributed by atoms with Crippen LogP contribution in [0.25, 0.3) is 6.08 Å². The van der Waals surface area contributed by atoms with Gasteiger partial charge in [-0.15, -0.1) is 11.3 Å². The second kappa shape index (κ2) is 13.2. The van der Waals surface area contributed by atoms with Crippen LogP contribution in [0.2, 0.25) is 0 Å². The van der Waals surface area contributed by atoms with E-state index in [0.29, 0.717) is 6.42 Å². The van der Waals surface area contributed by atoms with Gasteiger partial charge in [-0.25, -0.2) is 4.98 Å². The Hall–Kier alpha value is -1.91. The number of aromatic nitrogens is 1. The second-order valence-electron chi connectivity index (χ2n) is 11.1. The van der Waals surface area contributed by atoms with E-state index in [1.807, 2.05) is 38.3 Å². The molecule has 2 rings (SSSR count). The van der Waals surface area contributed by atoms with E-state index in [0.717, 1.165) is 21.8 Å². The lowest BCUT2D eigenvalue weighted by molar-refractivity contribution is -0.154. The van der Waals surface area contributed by atoms with Crippen LogP contribution in [0.4, 0.5) is 0 Å². The lowest BCUT2D eigenvalue weighted by Crippen LogP contribution is -2.46. The minimum Gasteiger partial charge on any atom is -0.457 e. The average molecular weight is 538 g/mol. The molecule has 0 spiro atoms. The summed E-state index contributed by atoms with van der Waals surface area (Å²) >= 11 is 1.51. The molecule has 0 saturated carbocycles. The quantitative estimate of drug-likeness (QED) is 0.332. The first-order valence-corrected chi connectivity index (χ1v) is 13.7. The SMILES string of the molecule is C/C1=C/C[C@@H](/C(C)=C/c2csc(C)n2)OC(=O)C[C@H](O)C(C)(C)C(=O)[C@H](C)[C@@H](O)[C@@H](C)CC(O)C(O)C1. The van der Waals surface area contributed by atoms with Gasteiger partial charge in [0.25, 0.3) is 0 Å². The van der Waals surface area contributed by atoms with Crippen LogP contribution >= 0.6 is 11.3 Å². The molecule has 4 N–H and O–H groups in total. The molecule has 0 amide bonds. The zero-order valence-corrected chi connectivity index (χ0v) is 23.8. The molecular formula is C28H43NO7S. The summed E-state index contributed by atoms with van der Waals surface area (Å²) in [5, 5.41) is 45.7. The van der Waals surface area contributed by atoms with Gasteiger partial charge in [-0.2, -0.15) is 0 Å². The van der Waals surface area contributed by atoms with E-state index < -0.39 is 59.5 Å². The van der Waals surface area contributed by atoms with Gasteiger partial charge in [-0.1, -0.05) is 39.3 Å². The number of carbonyl (C=O) groups excluding carboxylic acids is 2. The third kappa shape index (κ3) is 8.55. The summed E-state index contributed by atoms with van der Waals surface area (Å²) in [4.78, 5) is 30.6. The van der Waals surface area contributed by atoms with Crippen molar-refractivity contribution in [2.24, 2.45) is 17.3 Å². The highest BCUT2D eigenvalue weighted by atomic mass is 32.1. The molecule has 0 aliphatic carbocycles. The Morgan fingerprint density at radius 3 is 2.35 bits per heavy atom. The van der Waals surface area contributed by atoms with Crippen molar-refractivity contribution >= 4 is 29.2 Å². The van der Waals surface area contributed by atoms with E-state index in [9.17, 15) is 30.0 Å². The highest BCUT2D eigenvalue weighted by molar-refractivity contribution is 7.09. The summed E-state index contributed by atoms with van der Waals surface area (Å²) in [6, 6.07) is 0. The first kappa shape index (κ1) is 31.3. The summed E-state index contributed by atoms with van der Waals surface area (Å²) in [5.41, 5.74) is 1.01. The number of aryl methyl sites for hydroxylation is 1. The van der Waals surface area contributed by atoms with Gasteiger partial charge in [0.2, 0.25) is 0 Å². The van der Waals surface area contributed by atoms with Crippen LogP contribution in [0.5, 0.6) is 0 Å². The van der Waals surface area contributed by atoms with Crippen molar-refractivity contribution < 1.29 is 34.8 Å². The van der Waals surface area contributed by atoms with E-state index in [2.05, 4.69) is 4.98 Å². The number of esters is 1. The Morgan fingerprint density at radius 2 is 1.76 bits per heavy atom. The largest absolute Gasteiger partial charge is 0.457 e. The molecule has 0 saturated heterocycles. The highest BCUT2D eigenvalue weighted by Crippen LogP contribution is 2.32. The minimum absolute atomic E-state index is 0.106. The summed E-state index contributed by atoms with van der Waals surface area (Å²) in [5.74, 6) is -2.37. The van der Waals surface area contributed by atoms with Crippen LogP contribution in [-0.2, 0) is 14.3 Å². The second-order valence-corrected chi connectivity index (χ2v) is 12.1. The standard InChI is InChI=1S/C28H43NO7S/c1-15-8-9-23(16(2)11-20-14-37-19(5)29-20)36-25(33)13-24(32)28(6,7)27(35)18(4)26(34)17(3)12-22(31)21(30)10-15/h8,11,14,17-18,21-24,26,30-32,34H,9-10,12-13H2,1-7H3/b15-8-,16-11+/t17-,18+,21?,22?,23-,24-,26-/m0/s1. The third-order valence-electron chi connectivity index (χ3n) is 7.40. The summed E-state index contributed by atoms with van der Waals surface area (Å²) in [6.45, 7) is 12.0. The van der Waals surface area contributed by atoms with Gasteiger partial charge in [-0.05, 0) is 51.2 Å². The van der Waals surface area contributed by atoms with Crippen LogP contribution in [0.1, 0.15) is 77.9 Å². The van der Waals surface area contributed by atoms with Crippen molar-refractivity contribution in [3.63, 3.8) is 0 Å². The van der Waals surface area contributed by atoms with Crippen molar-refractivity contribution in [1.82, 2.24) is 4.98 Å². The molecule has 0 radical (unpaired) electrons. The molecule has 208 valence electrons. The summed E-state index contributed by atoms with van der Waals surface area (Å²) in [6.07, 6.45) is -1.22. The molecule has 1 aromatic rings. The Morgan fingerprint density at radius 1 is 1.11 bits per heavy atom.